The van der Waals surface area contributed by atoms with Gasteiger partial charge in [-0.05, 0) is 31.5 Å². The van der Waals surface area contributed by atoms with Crippen LogP contribution in [0.5, 0.6) is 0 Å². The van der Waals surface area contributed by atoms with Gasteiger partial charge in [0.15, 0.2) is 0 Å². The van der Waals surface area contributed by atoms with Crippen molar-refractivity contribution in [2.45, 2.75) is 25.8 Å². The second-order valence-corrected chi connectivity index (χ2v) is 5.68. The number of hydrogen-bond donors (Lipinski definition) is 3. The van der Waals surface area contributed by atoms with Crippen LogP contribution in [0.1, 0.15) is 20.3 Å². The lowest BCUT2D eigenvalue weighted by atomic mass is 10.00. The van der Waals surface area contributed by atoms with Crippen LogP contribution in [0.4, 0.5) is 14.9 Å². The fourth-order valence-electron chi connectivity index (χ4n) is 1.98. The Labute approximate surface area is 137 Å². The predicted molar refractivity (Wildman–Crippen MR) is 82.1 cm³/mol. The zero-order chi connectivity index (χ0) is 17.2. The molecule has 1 saturated heterocycles. The number of nitrogens with one attached hydrogen (secondary N) is 3. The third kappa shape index (κ3) is 3.53. The molecule has 124 valence electrons. The van der Waals surface area contributed by atoms with E-state index in [2.05, 4.69) is 16.1 Å². The maximum absolute atomic E-state index is 13.0. The molecule has 2 rings (SSSR count). The maximum atomic E-state index is 13.0. The number of halogens is 2. The Morgan fingerprint density at radius 2 is 2.13 bits per heavy atom. The van der Waals surface area contributed by atoms with Crippen molar-refractivity contribution in [3.8, 4) is 0 Å². The minimum atomic E-state index is -1.03. The minimum Gasteiger partial charge on any atom is -0.376 e. The molecule has 7 nitrogen and oxygen atoms in total. The molecule has 3 N–H and O–H groups in total. The molecule has 4 amide bonds. The van der Waals surface area contributed by atoms with Gasteiger partial charge in [-0.1, -0.05) is 18.5 Å². The van der Waals surface area contributed by atoms with Crippen molar-refractivity contribution in [2.24, 2.45) is 0 Å². The third-order valence-electron chi connectivity index (χ3n) is 3.58. The third-order valence-corrected chi connectivity index (χ3v) is 3.87. The summed E-state index contributed by atoms with van der Waals surface area (Å²) in [5.74, 6) is -1.70. The highest BCUT2D eigenvalue weighted by molar-refractivity contribution is 6.31. The molecule has 0 spiro atoms. The highest BCUT2D eigenvalue weighted by Crippen LogP contribution is 2.20. The molecule has 1 aromatic rings. The van der Waals surface area contributed by atoms with Crippen molar-refractivity contribution in [1.82, 2.24) is 15.8 Å². The summed E-state index contributed by atoms with van der Waals surface area (Å²) < 4.78 is 13.0. The van der Waals surface area contributed by atoms with Gasteiger partial charge in [0.05, 0.1) is 11.6 Å². The van der Waals surface area contributed by atoms with Crippen LogP contribution in [0.15, 0.2) is 18.2 Å². The SMILES string of the molecule is CC[C@]1(C)NC(=O)N(NC(=O)CNc2ccc(F)c(Cl)c2)C1=O. The van der Waals surface area contributed by atoms with E-state index in [4.69, 9.17) is 11.6 Å². The number of hydrogen-bond acceptors (Lipinski definition) is 4. The van der Waals surface area contributed by atoms with Crippen molar-refractivity contribution in [1.29, 1.82) is 0 Å². The fraction of sp³-hybridized carbons (Fsp3) is 0.357. The second kappa shape index (κ2) is 6.41. The lowest BCUT2D eigenvalue weighted by Gasteiger charge is -2.19. The molecule has 0 radical (unpaired) electrons. The lowest BCUT2D eigenvalue weighted by molar-refractivity contribution is -0.138. The fourth-order valence-corrected chi connectivity index (χ4v) is 2.16. The van der Waals surface area contributed by atoms with Gasteiger partial charge in [0, 0.05) is 5.69 Å². The molecule has 1 fully saturated rings. The van der Waals surface area contributed by atoms with E-state index < -0.39 is 29.2 Å². The lowest BCUT2D eigenvalue weighted by Crippen LogP contribution is -2.50. The molecule has 1 atom stereocenters. The summed E-state index contributed by atoms with van der Waals surface area (Å²) in [6.07, 6.45) is 0.399. The van der Waals surface area contributed by atoms with Crippen LogP contribution >= 0.6 is 11.6 Å². The first kappa shape index (κ1) is 17.0. The first-order chi connectivity index (χ1) is 10.8. The van der Waals surface area contributed by atoms with Crippen molar-refractivity contribution in [3.05, 3.63) is 29.0 Å². The van der Waals surface area contributed by atoms with Crippen LogP contribution in [-0.2, 0) is 9.59 Å². The Balaban J connectivity index is 1.93. The molecule has 1 aromatic carbocycles. The highest BCUT2D eigenvalue weighted by Gasteiger charge is 2.47. The van der Waals surface area contributed by atoms with Crippen LogP contribution in [0.25, 0.3) is 0 Å². The van der Waals surface area contributed by atoms with Crippen molar-refractivity contribution < 1.29 is 18.8 Å². The molecule has 1 aliphatic heterocycles. The van der Waals surface area contributed by atoms with Gasteiger partial charge < -0.3 is 10.6 Å². The summed E-state index contributed by atoms with van der Waals surface area (Å²) in [5, 5.41) is 5.81. The van der Waals surface area contributed by atoms with E-state index in [0.29, 0.717) is 17.1 Å². The number of anilines is 1. The van der Waals surface area contributed by atoms with Gasteiger partial charge in [0.1, 0.15) is 11.4 Å². The normalized spacial score (nSPS) is 20.4. The number of carbonyl (C=O) groups is 3. The molecular weight excluding hydrogens is 327 g/mol. The van der Waals surface area contributed by atoms with E-state index in [1.807, 2.05) is 0 Å². The van der Waals surface area contributed by atoms with Gasteiger partial charge in [-0.3, -0.25) is 15.0 Å². The number of hydrazine groups is 1. The standard InChI is InChI=1S/C14H16ClFN4O3/c1-3-14(2)12(22)20(13(23)18-14)19-11(21)7-17-8-4-5-10(16)9(15)6-8/h4-6,17H,3,7H2,1-2H3,(H,18,23)(H,19,21)/t14-/m0/s1. The number of carbonyl (C=O) groups excluding carboxylic acids is 3. The summed E-state index contributed by atoms with van der Waals surface area (Å²) in [6.45, 7) is 3.11. The average molecular weight is 343 g/mol. The molecule has 9 heteroatoms. The Hall–Kier alpha value is -2.35. The number of amides is 4. The van der Waals surface area contributed by atoms with Gasteiger partial charge in [-0.15, -0.1) is 0 Å². The van der Waals surface area contributed by atoms with E-state index >= 15 is 0 Å². The number of rotatable bonds is 5. The molecule has 0 unspecified atom stereocenters. The van der Waals surface area contributed by atoms with Crippen molar-refractivity contribution >= 4 is 35.1 Å². The largest absolute Gasteiger partial charge is 0.376 e. The van der Waals surface area contributed by atoms with E-state index in [-0.39, 0.29) is 11.6 Å². The Bertz CT molecular complexity index is 669. The zero-order valence-corrected chi connectivity index (χ0v) is 13.3. The van der Waals surface area contributed by atoms with Gasteiger partial charge in [0.25, 0.3) is 11.8 Å². The topological polar surface area (TPSA) is 90.5 Å². The van der Waals surface area contributed by atoms with E-state index in [9.17, 15) is 18.8 Å². The van der Waals surface area contributed by atoms with Crippen LogP contribution < -0.4 is 16.1 Å². The number of benzene rings is 1. The minimum absolute atomic E-state index is 0.0804. The van der Waals surface area contributed by atoms with Gasteiger partial charge >= 0.3 is 6.03 Å². The van der Waals surface area contributed by atoms with Gasteiger partial charge in [-0.2, -0.15) is 5.01 Å². The summed E-state index contributed by atoms with van der Waals surface area (Å²) >= 11 is 5.63. The smallest absolute Gasteiger partial charge is 0.344 e. The summed E-state index contributed by atoms with van der Waals surface area (Å²) in [6, 6.07) is 3.22. The van der Waals surface area contributed by atoms with E-state index in [1.165, 1.54) is 12.1 Å². The van der Waals surface area contributed by atoms with Crippen LogP contribution in [0.3, 0.4) is 0 Å². The second-order valence-electron chi connectivity index (χ2n) is 5.27. The number of imide groups is 1. The molecule has 0 aliphatic carbocycles. The van der Waals surface area contributed by atoms with Gasteiger partial charge in [0.2, 0.25) is 0 Å². The molecule has 0 bridgehead atoms. The predicted octanol–water partition coefficient (Wildman–Crippen LogP) is 1.64. The summed E-state index contributed by atoms with van der Waals surface area (Å²) in [7, 11) is 0. The summed E-state index contributed by atoms with van der Waals surface area (Å²) in [4.78, 5) is 35.7. The Morgan fingerprint density at radius 3 is 2.70 bits per heavy atom. The first-order valence-corrected chi connectivity index (χ1v) is 7.29. The van der Waals surface area contributed by atoms with Crippen LogP contribution in [0.2, 0.25) is 5.02 Å². The zero-order valence-electron chi connectivity index (χ0n) is 12.6. The van der Waals surface area contributed by atoms with E-state index in [1.54, 1.807) is 13.8 Å². The number of nitrogens with zero attached hydrogens (tertiary/aromatic N) is 1. The quantitative estimate of drug-likeness (QED) is 0.710. The summed E-state index contributed by atoms with van der Waals surface area (Å²) in [5.41, 5.74) is 1.63. The monoisotopic (exact) mass is 342 g/mol. The molecule has 1 heterocycles. The average Bonchev–Trinajstić information content (AvgIpc) is 2.72. The van der Waals surface area contributed by atoms with E-state index in [0.717, 1.165) is 6.07 Å². The molecular formula is C14H16ClFN4O3. The Kier molecular flexibility index (Phi) is 4.74. The van der Waals surface area contributed by atoms with Gasteiger partial charge in [-0.25, -0.2) is 9.18 Å². The van der Waals surface area contributed by atoms with Crippen molar-refractivity contribution in [2.75, 3.05) is 11.9 Å². The molecule has 23 heavy (non-hydrogen) atoms. The highest BCUT2D eigenvalue weighted by atomic mass is 35.5. The molecule has 0 saturated carbocycles. The Morgan fingerprint density at radius 1 is 1.43 bits per heavy atom. The molecule has 1 aliphatic rings. The van der Waals surface area contributed by atoms with Crippen molar-refractivity contribution in [3.63, 3.8) is 0 Å². The van der Waals surface area contributed by atoms with Crippen LogP contribution in [-0.4, -0.2) is 34.9 Å². The molecule has 0 aromatic heterocycles. The first-order valence-electron chi connectivity index (χ1n) is 6.92. The number of urea groups is 1. The maximum Gasteiger partial charge on any atom is 0.344 e. The van der Waals surface area contributed by atoms with Crippen LogP contribution in [0, 0.1) is 5.82 Å².